The number of likely N-dealkylation sites (tertiary alicyclic amines) is 1. The summed E-state index contributed by atoms with van der Waals surface area (Å²) in [6, 6.07) is 14.6. The van der Waals surface area contributed by atoms with Crippen LogP contribution in [0.1, 0.15) is 50.9 Å². The maximum atomic E-state index is 12.9. The molecule has 0 saturated carbocycles. The Morgan fingerprint density at radius 2 is 2.00 bits per heavy atom. The van der Waals surface area contributed by atoms with Gasteiger partial charge in [0.1, 0.15) is 5.75 Å². The summed E-state index contributed by atoms with van der Waals surface area (Å²) in [7, 11) is 0. The van der Waals surface area contributed by atoms with Gasteiger partial charge in [0.25, 0.3) is 5.91 Å². The van der Waals surface area contributed by atoms with Crippen molar-refractivity contribution >= 4 is 29.2 Å². The average molecular weight is 476 g/mol. The van der Waals surface area contributed by atoms with Crippen LogP contribution in [0.4, 0.5) is 0 Å². The molecule has 1 aliphatic rings. The van der Waals surface area contributed by atoms with E-state index in [9.17, 15) is 14.7 Å². The monoisotopic (exact) mass is 475 g/mol. The van der Waals surface area contributed by atoms with E-state index in [1.165, 1.54) is 4.88 Å². The van der Waals surface area contributed by atoms with E-state index in [0.717, 1.165) is 36.2 Å². The number of hydrogen-bond donors (Lipinski definition) is 2. The predicted molar refractivity (Wildman–Crippen MR) is 135 cm³/mol. The molecule has 7 heteroatoms. The van der Waals surface area contributed by atoms with E-state index in [4.69, 9.17) is 4.98 Å². The minimum atomic E-state index is -0.0911. The smallest absolute Gasteiger partial charge is 0.253 e. The molecule has 3 heterocycles. The summed E-state index contributed by atoms with van der Waals surface area (Å²) < 4.78 is 0. The van der Waals surface area contributed by atoms with Gasteiger partial charge in [0.05, 0.1) is 11.3 Å². The number of carbonyl (C=O) groups is 2. The van der Waals surface area contributed by atoms with Gasteiger partial charge in [-0.05, 0) is 73.5 Å². The second-order valence-corrected chi connectivity index (χ2v) is 9.53. The van der Waals surface area contributed by atoms with E-state index in [1.807, 2.05) is 41.5 Å². The maximum Gasteiger partial charge on any atom is 0.253 e. The highest BCUT2D eigenvalue weighted by molar-refractivity contribution is 7.09. The van der Waals surface area contributed by atoms with Crippen LogP contribution in [-0.4, -0.2) is 46.4 Å². The number of rotatable bonds is 7. The SMILES string of the molecule is Cc1ccc(C(=O)NCCc2cccs2)c(C2CCN(C(=O)/C=C/c3cccc(O)c3)CC2)n1. The summed E-state index contributed by atoms with van der Waals surface area (Å²) >= 11 is 1.69. The number of phenols is 1. The Labute approximate surface area is 204 Å². The molecule has 1 aromatic carbocycles. The Kier molecular flexibility index (Phi) is 7.75. The topological polar surface area (TPSA) is 82.5 Å². The van der Waals surface area contributed by atoms with Gasteiger partial charge in [-0.2, -0.15) is 0 Å². The first-order valence-corrected chi connectivity index (χ1v) is 12.4. The van der Waals surface area contributed by atoms with E-state index in [1.54, 1.807) is 41.7 Å². The van der Waals surface area contributed by atoms with Crippen molar-refractivity contribution in [3.63, 3.8) is 0 Å². The predicted octanol–water partition coefficient (Wildman–Crippen LogP) is 4.55. The molecule has 0 aliphatic carbocycles. The fourth-order valence-corrected chi connectivity index (χ4v) is 4.91. The normalized spacial score (nSPS) is 14.4. The van der Waals surface area contributed by atoms with Gasteiger partial charge in [-0.25, -0.2) is 0 Å². The number of benzene rings is 1. The average Bonchev–Trinajstić information content (AvgIpc) is 3.36. The molecule has 2 aromatic heterocycles. The van der Waals surface area contributed by atoms with E-state index in [0.29, 0.717) is 25.2 Å². The molecule has 34 heavy (non-hydrogen) atoms. The number of thiophene rings is 1. The quantitative estimate of drug-likeness (QED) is 0.491. The van der Waals surface area contributed by atoms with Crippen molar-refractivity contribution in [3.05, 3.63) is 87.4 Å². The lowest BCUT2D eigenvalue weighted by atomic mass is 9.89. The van der Waals surface area contributed by atoms with Gasteiger partial charge >= 0.3 is 0 Å². The van der Waals surface area contributed by atoms with Crippen LogP contribution in [0.3, 0.4) is 0 Å². The van der Waals surface area contributed by atoms with E-state index in [2.05, 4.69) is 11.4 Å². The third-order valence-corrected chi connectivity index (χ3v) is 6.96. The number of amides is 2. The lowest BCUT2D eigenvalue weighted by molar-refractivity contribution is -0.127. The molecule has 0 unspecified atom stereocenters. The third kappa shape index (κ3) is 6.11. The molecule has 2 N–H and O–H groups in total. The van der Waals surface area contributed by atoms with Crippen LogP contribution < -0.4 is 5.32 Å². The number of piperidine rings is 1. The van der Waals surface area contributed by atoms with Crippen LogP contribution in [0.5, 0.6) is 5.75 Å². The number of aromatic hydroxyl groups is 1. The summed E-state index contributed by atoms with van der Waals surface area (Å²) in [6.45, 7) is 3.75. The number of pyridine rings is 1. The van der Waals surface area contributed by atoms with Crippen LogP contribution in [0.25, 0.3) is 6.08 Å². The lowest BCUT2D eigenvalue weighted by Crippen LogP contribution is -2.37. The first-order chi connectivity index (χ1) is 16.5. The Morgan fingerprint density at radius 3 is 2.74 bits per heavy atom. The number of phenolic OH excluding ortho intramolecular Hbond substituents is 1. The van der Waals surface area contributed by atoms with Gasteiger partial charge in [0.15, 0.2) is 0 Å². The molecule has 1 fully saturated rings. The first kappa shape index (κ1) is 23.7. The van der Waals surface area contributed by atoms with Crippen molar-refractivity contribution in [2.75, 3.05) is 19.6 Å². The molecule has 2 amide bonds. The zero-order valence-corrected chi connectivity index (χ0v) is 20.1. The molecule has 3 aromatic rings. The minimum Gasteiger partial charge on any atom is -0.508 e. The second kappa shape index (κ2) is 11.1. The molecule has 0 radical (unpaired) electrons. The summed E-state index contributed by atoms with van der Waals surface area (Å²) in [5.74, 6) is 0.168. The minimum absolute atomic E-state index is 0.0504. The molecule has 1 aliphatic heterocycles. The van der Waals surface area contributed by atoms with Crippen molar-refractivity contribution in [1.29, 1.82) is 0 Å². The number of aromatic nitrogens is 1. The van der Waals surface area contributed by atoms with Gasteiger partial charge in [-0.15, -0.1) is 11.3 Å². The Bertz CT molecular complexity index is 1170. The molecular weight excluding hydrogens is 446 g/mol. The van der Waals surface area contributed by atoms with Gasteiger partial charge in [0.2, 0.25) is 5.91 Å². The molecular formula is C27H29N3O3S. The molecule has 6 nitrogen and oxygen atoms in total. The van der Waals surface area contributed by atoms with E-state index < -0.39 is 0 Å². The van der Waals surface area contributed by atoms with Crippen molar-refractivity contribution in [1.82, 2.24) is 15.2 Å². The number of aryl methyl sites for hydroxylation is 1. The standard InChI is InChI=1S/C27H29N3O3S/c1-19-7-9-24(27(33)28-14-11-23-6-3-17-34-23)26(29-19)21-12-15-30(16-13-21)25(32)10-8-20-4-2-5-22(31)18-20/h2-10,17-18,21,31H,11-16H2,1H3,(H,28,33)/b10-8+. The highest BCUT2D eigenvalue weighted by Crippen LogP contribution is 2.29. The molecule has 0 bridgehead atoms. The lowest BCUT2D eigenvalue weighted by Gasteiger charge is -2.32. The highest BCUT2D eigenvalue weighted by atomic mass is 32.1. The van der Waals surface area contributed by atoms with Crippen molar-refractivity contribution in [2.45, 2.75) is 32.1 Å². The summed E-state index contributed by atoms with van der Waals surface area (Å²) in [5, 5.41) is 14.6. The van der Waals surface area contributed by atoms with Crippen LogP contribution in [0.15, 0.2) is 60.0 Å². The Morgan fingerprint density at radius 1 is 1.18 bits per heavy atom. The summed E-state index contributed by atoms with van der Waals surface area (Å²) in [5.41, 5.74) is 3.13. The molecule has 0 spiro atoms. The molecule has 176 valence electrons. The fourth-order valence-electron chi connectivity index (χ4n) is 4.20. The van der Waals surface area contributed by atoms with Crippen LogP contribution in [0.2, 0.25) is 0 Å². The van der Waals surface area contributed by atoms with E-state index in [-0.39, 0.29) is 23.5 Å². The Hall–Kier alpha value is -3.45. The fraction of sp³-hybridized carbons (Fsp3) is 0.296. The zero-order chi connectivity index (χ0) is 23.9. The Balaban J connectivity index is 1.36. The zero-order valence-electron chi connectivity index (χ0n) is 19.2. The maximum absolute atomic E-state index is 12.9. The highest BCUT2D eigenvalue weighted by Gasteiger charge is 2.27. The molecule has 0 atom stereocenters. The molecule has 4 rings (SSSR count). The van der Waals surface area contributed by atoms with Crippen LogP contribution >= 0.6 is 11.3 Å². The number of hydrogen-bond acceptors (Lipinski definition) is 5. The third-order valence-electron chi connectivity index (χ3n) is 6.03. The summed E-state index contributed by atoms with van der Waals surface area (Å²) in [4.78, 5) is 33.4. The number of nitrogens with one attached hydrogen (secondary N) is 1. The van der Waals surface area contributed by atoms with Crippen molar-refractivity contribution in [2.24, 2.45) is 0 Å². The van der Waals surface area contributed by atoms with E-state index >= 15 is 0 Å². The van der Waals surface area contributed by atoms with Gasteiger partial charge < -0.3 is 15.3 Å². The number of carbonyl (C=O) groups excluding carboxylic acids is 2. The second-order valence-electron chi connectivity index (χ2n) is 8.50. The first-order valence-electron chi connectivity index (χ1n) is 11.5. The van der Waals surface area contributed by atoms with Crippen molar-refractivity contribution < 1.29 is 14.7 Å². The van der Waals surface area contributed by atoms with Gasteiger partial charge in [0, 0.05) is 42.2 Å². The summed E-state index contributed by atoms with van der Waals surface area (Å²) in [6.07, 6.45) is 5.60. The largest absolute Gasteiger partial charge is 0.508 e. The van der Waals surface area contributed by atoms with Gasteiger partial charge in [-0.3, -0.25) is 14.6 Å². The van der Waals surface area contributed by atoms with Crippen LogP contribution in [0, 0.1) is 6.92 Å². The van der Waals surface area contributed by atoms with Crippen molar-refractivity contribution in [3.8, 4) is 5.75 Å². The van der Waals surface area contributed by atoms with Gasteiger partial charge in [-0.1, -0.05) is 18.2 Å². The number of nitrogens with zero attached hydrogens (tertiary/aromatic N) is 2. The van der Waals surface area contributed by atoms with Crippen LogP contribution in [-0.2, 0) is 11.2 Å². The molecule has 1 saturated heterocycles.